The number of aryl methyl sites for hydroxylation is 1. The molecule has 1 saturated heterocycles. The monoisotopic (exact) mass is 479 g/mol. The molecule has 5 rings (SSSR count). The first-order chi connectivity index (χ1) is 16.1. The molecule has 0 amide bonds. The summed E-state index contributed by atoms with van der Waals surface area (Å²) in [5.41, 5.74) is 3.58. The second-order valence-corrected chi connectivity index (χ2v) is 9.83. The molecule has 0 saturated carbocycles. The van der Waals surface area contributed by atoms with E-state index >= 15 is 0 Å². The molecular formula is C24H25N5O2S2. The molecule has 0 radical (unpaired) electrons. The Bertz CT molecular complexity index is 1280. The largest absolute Gasteiger partial charge is 0.379 e. The van der Waals surface area contributed by atoms with Gasteiger partial charge in [0.05, 0.1) is 31.0 Å². The number of hydrogen-bond donors (Lipinski definition) is 0. The summed E-state index contributed by atoms with van der Waals surface area (Å²) in [6.07, 6.45) is 1.78. The van der Waals surface area contributed by atoms with Gasteiger partial charge in [0, 0.05) is 47.0 Å². The van der Waals surface area contributed by atoms with E-state index < -0.39 is 0 Å². The molecule has 170 valence electrons. The van der Waals surface area contributed by atoms with Gasteiger partial charge in [0.1, 0.15) is 10.9 Å². The second kappa shape index (κ2) is 9.72. The number of Topliss-reactive ketones (excluding diaryl/α,β-unsaturated/α-hetero) is 1. The summed E-state index contributed by atoms with van der Waals surface area (Å²) in [5.74, 6) is 1.20. The molecule has 7 nitrogen and oxygen atoms in total. The molecular weight excluding hydrogens is 454 g/mol. The van der Waals surface area contributed by atoms with Crippen molar-refractivity contribution in [3.05, 3.63) is 64.7 Å². The Morgan fingerprint density at radius 3 is 2.79 bits per heavy atom. The zero-order valence-electron chi connectivity index (χ0n) is 18.7. The van der Waals surface area contributed by atoms with E-state index in [0.717, 1.165) is 70.1 Å². The molecule has 0 atom stereocenters. The van der Waals surface area contributed by atoms with Crippen LogP contribution in [0.1, 0.15) is 27.6 Å². The summed E-state index contributed by atoms with van der Waals surface area (Å²) >= 11 is 3.05. The number of hydrogen-bond acceptors (Lipinski definition) is 8. The lowest BCUT2D eigenvalue weighted by Gasteiger charge is -2.25. The van der Waals surface area contributed by atoms with Crippen molar-refractivity contribution in [1.82, 2.24) is 24.4 Å². The van der Waals surface area contributed by atoms with Gasteiger partial charge in [-0.05, 0) is 26.0 Å². The summed E-state index contributed by atoms with van der Waals surface area (Å²) in [6, 6.07) is 9.96. The molecule has 1 aliphatic heterocycles. The highest BCUT2D eigenvalue weighted by molar-refractivity contribution is 8.00. The van der Waals surface area contributed by atoms with Crippen molar-refractivity contribution < 1.29 is 9.53 Å². The zero-order valence-corrected chi connectivity index (χ0v) is 20.3. The molecule has 0 spiro atoms. The molecule has 4 heterocycles. The maximum absolute atomic E-state index is 13.2. The molecule has 0 unspecified atom stereocenters. The van der Waals surface area contributed by atoms with Gasteiger partial charge in [0.25, 0.3) is 0 Å². The number of aromatic nitrogens is 4. The summed E-state index contributed by atoms with van der Waals surface area (Å²) in [7, 11) is 0. The third-order valence-corrected chi connectivity index (χ3v) is 7.51. The number of fused-ring (bicyclic) bond motifs is 1. The standard InChI is InChI=1S/C24H25N5O2S2/c1-16-13-19(17(2)29(16)24-25-7-12-32-24)21(30)15-33-23-18-5-3-4-6-20(18)26-22(27-23)14-28-8-10-31-11-9-28/h3-7,12-13H,8-11,14-15H2,1-2H3. The van der Waals surface area contributed by atoms with Gasteiger partial charge in [-0.15, -0.1) is 11.3 Å². The number of morpholine rings is 1. The minimum atomic E-state index is 0.0910. The van der Waals surface area contributed by atoms with Gasteiger partial charge >= 0.3 is 0 Å². The predicted molar refractivity (Wildman–Crippen MR) is 132 cm³/mol. The summed E-state index contributed by atoms with van der Waals surface area (Å²) in [5, 5.41) is 4.66. The molecule has 0 aliphatic carbocycles. The van der Waals surface area contributed by atoms with Crippen LogP contribution in [0.4, 0.5) is 0 Å². The first-order valence-electron chi connectivity index (χ1n) is 10.9. The van der Waals surface area contributed by atoms with E-state index in [-0.39, 0.29) is 5.78 Å². The SMILES string of the molecule is Cc1cc(C(=O)CSc2nc(CN3CCOCC3)nc3ccccc23)c(C)n1-c1nccs1. The average Bonchev–Trinajstić information content (AvgIpc) is 3.45. The van der Waals surface area contributed by atoms with Crippen LogP contribution in [0.5, 0.6) is 0 Å². The number of ketones is 1. The maximum atomic E-state index is 13.2. The number of thiazole rings is 1. The van der Waals surface area contributed by atoms with Gasteiger partial charge in [-0.2, -0.15) is 0 Å². The molecule has 4 aromatic rings. The highest BCUT2D eigenvalue weighted by atomic mass is 32.2. The Labute approximate surface area is 200 Å². The third-order valence-electron chi connectivity index (χ3n) is 5.77. The number of ether oxygens (including phenoxy) is 1. The van der Waals surface area contributed by atoms with E-state index in [4.69, 9.17) is 14.7 Å². The van der Waals surface area contributed by atoms with E-state index in [1.807, 2.05) is 54.1 Å². The van der Waals surface area contributed by atoms with E-state index in [2.05, 4.69) is 9.88 Å². The van der Waals surface area contributed by atoms with Crippen LogP contribution in [0.15, 0.2) is 46.9 Å². The first kappa shape index (κ1) is 22.2. The number of carbonyl (C=O) groups excluding carboxylic acids is 1. The molecule has 33 heavy (non-hydrogen) atoms. The second-order valence-electron chi connectivity index (χ2n) is 8.00. The van der Waals surface area contributed by atoms with Crippen LogP contribution in [0.25, 0.3) is 16.0 Å². The number of benzene rings is 1. The topological polar surface area (TPSA) is 73.1 Å². The van der Waals surface area contributed by atoms with Crippen molar-refractivity contribution >= 4 is 39.8 Å². The van der Waals surface area contributed by atoms with Gasteiger partial charge in [-0.25, -0.2) is 15.0 Å². The zero-order chi connectivity index (χ0) is 22.8. The number of para-hydroxylation sites is 1. The summed E-state index contributed by atoms with van der Waals surface area (Å²) in [4.78, 5) is 29.5. The summed E-state index contributed by atoms with van der Waals surface area (Å²) in [6.45, 7) is 7.91. The molecule has 0 N–H and O–H groups in total. The molecule has 3 aromatic heterocycles. The molecule has 1 aliphatic rings. The fourth-order valence-corrected chi connectivity index (χ4v) is 5.78. The van der Waals surface area contributed by atoms with Crippen molar-refractivity contribution in [2.45, 2.75) is 25.4 Å². The number of nitrogens with zero attached hydrogens (tertiary/aromatic N) is 5. The molecule has 9 heteroatoms. The number of carbonyl (C=O) groups is 1. The molecule has 1 fully saturated rings. The van der Waals surface area contributed by atoms with Gasteiger partial charge in [0.15, 0.2) is 10.9 Å². The Balaban J connectivity index is 1.38. The van der Waals surface area contributed by atoms with Crippen LogP contribution in [0.2, 0.25) is 0 Å². The lowest BCUT2D eigenvalue weighted by molar-refractivity contribution is 0.0330. The van der Waals surface area contributed by atoms with E-state index in [9.17, 15) is 4.79 Å². The van der Waals surface area contributed by atoms with Crippen LogP contribution in [0, 0.1) is 13.8 Å². The van der Waals surface area contributed by atoms with Gasteiger partial charge < -0.3 is 4.74 Å². The minimum Gasteiger partial charge on any atom is -0.379 e. The van der Waals surface area contributed by atoms with Crippen molar-refractivity contribution in [1.29, 1.82) is 0 Å². The third kappa shape index (κ3) is 4.72. The highest BCUT2D eigenvalue weighted by Gasteiger charge is 2.19. The Morgan fingerprint density at radius 1 is 1.18 bits per heavy atom. The number of rotatable bonds is 7. The predicted octanol–water partition coefficient (Wildman–Crippen LogP) is 4.30. The van der Waals surface area contributed by atoms with Crippen molar-refractivity contribution in [3.63, 3.8) is 0 Å². The molecule has 0 bridgehead atoms. The fourth-order valence-electron chi connectivity index (χ4n) is 4.11. The quantitative estimate of drug-likeness (QED) is 0.222. The van der Waals surface area contributed by atoms with E-state index in [1.54, 1.807) is 17.5 Å². The van der Waals surface area contributed by atoms with Gasteiger partial charge in [0.2, 0.25) is 0 Å². The summed E-state index contributed by atoms with van der Waals surface area (Å²) < 4.78 is 7.50. The van der Waals surface area contributed by atoms with Crippen molar-refractivity contribution in [2.24, 2.45) is 0 Å². The Kier molecular flexibility index (Phi) is 6.55. The van der Waals surface area contributed by atoms with Crippen LogP contribution in [-0.4, -0.2) is 62.3 Å². The lowest BCUT2D eigenvalue weighted by Crippen LogP contribution is -2.36. The number of thioether (sulfide) groups is 1. The average molecular weight is 480 g/mol. The van der Waals surface area contributed by atoms with Gasteiger partial charge in [-0.3, -0.25) is 14.3 Å². The van der Waals surface area contributed by atoms with Crippen molar-refractivity contribution in [3.8, 4) is 5.13 Å². The normalized spacial score (nSPS) is 14.7. The van der Waals surface area contributed by atoms with E-state index in [1.165, 1.54) is 11.8 Å². The van der Waals surface area contributed by atoms with Crippen LogP contribution in [-0.2, 0) is 11.3 Å². The van der Waals surface area contributed by atoms with Crippen LogP contribution in [0.3, 0.4) is 0 Å². The van der Waals surface area contributed by atoms with Gasteiger partial charge in [-0.1, -0.05) is 30.0 Å². The Morgan fingerprint density at radius 2 is 2.00 bits per heavy atom. The highest BCUT2D eigenvalue weighted by Crippen LogP contribution is 2.28. The fraction of sp³-hybridized carbons (Fsp3) is 0.333. The van der Waals surface area contributed by atoms with E-state index in [0.29, 0.717) is 12.3 Å². The maximum Gasteiger partial charge on any atom is 0.193 e. The van der Waals surface area contributed by atoms with Crippen LogP contribution >= 0.6 is 23.1 Å². The first-order valence-corrected chi connectivity index (χ1v) is 12.8. The lowest BCUT2D eigenvalue weighted by atomic mass is 10.2. The molecule has 1 aromatic carbocycles. The minimum absolute atomic E-state index is 0.0910. The van der Waals surface area contributed by atoms with Crippen LogP contribution < -0.4 is 0 Å². The van der Waals surface area contributed by atoms with Crippen molar-refractivity contribution in [2.75, 3.05) is 32.1 Å². The smallest absolute Gasteiger partial charge is 0.193 e. The Hall–Kier alpha value is -2.59.